The van der Waals surface area contributed by atoms with Gasteiger partial charge >= 0.3 is 0 Å². The van der Waals surface area contributed by atoms with E-state index < -0.39 is 0 Å². The summed E-state index contributed by atoms with van der Waals surface area (Å²) in [6.07, 6.45) is 8.00. The van der Waals surface area contributed by atoms with Crippen molar-refractivity contribution in [3.05, 3.63) is 24.3 Å². The zero-order valence-electron chi connectivity index (χ0n) is 8.72. The second kappa shape index (κ2) is 48.9. The number of allylic oxidation sites excluding steroid dienone is 4. The number of rotatable bonds is 1. The molecule has 0 aliphatic rings. The summed E-state index contributed by atoms with van der Waals surface area (Å²) in [5, 5.41) is 0. The maximum Gasteiger partial charge on any atom is -0.0467 e. The van der Waals surface area contributed by atoms with Gasteiger partial charge in [-0.25, -0.2) is 0 Å². The summed E-state index contributed by atoms with van der Waals surface area (Å²) in [7, 11) is 0. The van der Waals surface area contributed by atoms with Crippen molar-refractivity contribution in [2.45, 2.75) is 41.5 Å². The zero-order chi connectivity index (χ0) is 8.83. The van der Waals surface area contributed by atoms with Crippen LogP contribution in [-0.2, 0) is 0 Å². The van der Waals surface area contributed by atoms with Gasteiger partial charge in [-0.15, -0.1) is 24.0 Å². The van der Waals surface area contributed by atoms with Gasteiger partial charge < -0.3 is 0 Å². The fourth-order valence-electron chi connectivity index (χ4n) is 0.222. The summed E-state index contributed by atoms with van der Waals surface area (Å²) in [4.78, 5) is 0. The lowest BCUT2D eigenvalue weighted by Gasteiger charge is -1.62. The molecule has 0 aromatic carbocycles. The molecule has 0 radical (unpaired) electrons. The Morgan fingerprint density at radius 3 is 0.909 bits per heavy atom. The molecule has 0 bridgehead atoms. The van der Waals surface area contributed by atoms with Gasteiger partial charge in [0.2, 0.25) is 0 Å². The monoisotopic (exact) mass is 270 g/mol. The van der Waals surface area contributed by atoms with Gasteiger partial charge in [-0.2, -0.15) is 0 Å². The summed E-state index contributed by atoms with van der Waals surface area (Å²) >= 11 is 0. The van der Waals surface area contributed by atoms with E-state index in [1.54, 1.807) is 0 Å². The molecule has 0 unspecified atom stereocenters. The Morgan fingerprint density at radius 2 is 0.818 bits per heavy atom. The van der Waals surface area contributed by atoms with Crippen LogP contribution in [0.25, 0.3) is 0 Å². The second-order valence-electron chi connectivity index (χ2n) is 1.05. The van der Waals surface area contributed by atoms with E-state index in [-0.39, 0.29) is 24.0 Å². The van der Waals surface area contributed by atoms with Crippen LogP contribution in [0.15, 0.2) is 24.3 Å². The minimum absolute atomic E-state index is 0. The normalized spacial score (nSPS) is 7.45. The van der Waals surface area contributed by atoms with Crippen LogP contribution in [0.4, 0.5) is 0 Å². The number of hydrogen-bond acceptors (Lipinski definition) is 0. The highest BCUT2D eigenvalue weighted by molar-refractivity contribution is 14.0. The molecule has 1 heteroatoms. The molecule has 0 aliphatic carbocycles. The summed E-state index contributed by atoms with van der Waals surface area (Å²) in [6.45, 7) is 12.0. The Morgan fingerprint density at radius 1 is 0.636 bits per heavy atom. The lowest BCUT2D eigenvalue weighted by atomic mass is 10.5. The molecule has 0 spiro atoms. The Kier molecular flexibility index (Phi) is 99.9. The Hall–Kier alpha value is 0.210. The highest BCUT2D eigenvalue weighted by Crippen LogP contribution is 1.71. The quantitative estimate of drug-likeness (QED) is 0.474. The first-order chi connectivity index (χ1) is 4.91. The van der Waals surface area contributed by atoms with E-state index in [0.717, 1.165) is 0 Å². The van der Waals surface area contributed by atoms with E-state index in [4.69, 9.17) is 0 Å². The molecule has 0 heterocycles. The Balaban J connectivity index is -0.0000000428. The molecular weight excluding hydrogens is 247 g/mol. The molecule has 0 aromatic rings. The molecule has 0 aliphatic heterocycles. The summed E-state index contributed by atoms with van der Waals surface area (Å²) < 4.78 is 0. The minimum atomic E-state index is 0. The lowest BCUT2D eigenvalue weighted by molar-refractivity contribution is 1.50. The molecule has 0 aromatic heterocycles. The first-order valence-corrected chi connectivity index (χ1v) is 4.15. The van der Waals surface area contributed by atoms with Crippen LogP contribution >= 0.6 is 24.0 Å². The Bertz CT molecular complexity index is 53.3. The van der Waals surface area contributed by atoms with Gasteiger partial charge in [0.15, 0.2) is 0 Å². The van der Waals surface area contributed by atoms with E-state index in [1.807, 2.05) is 65.8 Å². The zero-order valence-corrected chi connectivity index (χ0v) is 11.0. The highest BCUT2D eigenvalue weighted by Gasteiger charge is 1.48. The lowest BCUT2D eigenvalue weighted by Crippen LogP contribution is -1.40. The molecule has 0 saturated heterocycles. The van der Waals surface area contributed by atoms with Crippen molar-refractivity contribution in [2.24, 2.45) is 0 Å². The predicted octanol–water partition coefficient (Wildman–Crippen LogP) is 4.81. The molecule has 11 heavy (non-hydrogen) atoms. The van der Waals surface area contributed by atoms with Crippen molar-refractivity contribution in [2.75, 3.05) is 0 Å². The van der Waals surface area contributed by atoms with Gasteiger partial charge in [0.05, 0.1) is 0 Å². The molecule has 0 saturated carbocycles. The molecule has 0 rings (SSSR count). The van der Waals surface area contributed by atoms with Gasteiger partial charge in [-0.1, -0.05) is 52.0 Å². The summed E-state index contributed by atoms with van der Waals surface area (Å²) in [6, 6.07) is 0. The predicted molar refractivity (Wildman–Crippen MR) is 67.7 cm³/mol. The molecular formula is C10H23I. The van der Waals surface area contributed by atoms with E-state index in [1.165, 1.54) is 0 Å². The minimum Gasteiger partial charge on any atom is -0.107 e. The number of halogens is 1. The largest absolute Gasteiger partial charge is 0.107 e. The maximum atomic E-state index is 2.00. The van der Waals surface area contributed by atoms with Crippen LogP contribution in [-0.4, -0.2) is 0 Å². The summed E-state index contributed by atoms with van der Waals surface area (Å²) in [5.74, 6) is 0. The third-order valence-corrected chi connectivity index (χ3v) is 0.496. The standard InChI is InChI=1S/C6H10.2C2H6.HI/c1-3-5-6-4-2;2*1-2;/h3-6H,1-2H3;2*1-2H3;1H/b5-3-,6-4-;;;. The van der Waals surface area contributed by atoms with E-state index in [9.17, 15) is 0 Å². The van der Waals surface area contributed by atoms with Crippen molar-refractivity contribution in [3.8, 4) is 0 Å². The van der Waals surface area contributed by atoms with Crippen LogP contribution in [0, 0.1) is 0 Å². The summed E-state index contributed by atoms with van der Waals surface area (Å²) in [5.41, 5.74) is 0. The first-order valence-electron chi connectivity index (χ1n) is 4.15. The van der Waals surface area contributed by atoms with Crippen molar-refractivity contribution in [1.82, 2.24) is 0 Å². The average Bonchev–Trinajstić information content (AvgIpc) is 2.08. The maximum absolute atomic E-state index is 2.00. The average molecular weight is 270 g/mol. The van der Waals surface area contributed by atoms with E-state index >= 15 is 0 Å². The molecule has 0 N–H and O–H groups in total. The van der Waals surface area contributed by atoms with Crippen LogP contribution in [0.2, 0.25) is 0 Å². The van der Waals surface area contributed by atoms with Gasteiger partial charge in [0, 0.05) is 0 Å². The SMILES string of the molecule is C/C=C\C=C/C.CC.CC.I. The van der Waals surface area contributed by atoms with Crippen LogP contribution in [0.3, 0.4) is 0 Å². The van der Waals surface area contributed by atoms with E-state index in [0.29, 0.717) is 0 Å². The molecule has 0 fully saturated rings. The fraction of sp³-hybridized carbons (Fsp3) is 0.600. The van der Waals surface area contributed by atoms with Gasteiger partial charge in [-0.3, -0.25) is 0 Å². The third kappa shape index (κ3) is 66.8. The molecule has 70 valence electrons. The number of hydrogen-bond donors (Lipinski definition) is 0. The highest BCUT2D eigenvalue weighted by atomic mass is 127. The second-order valence-corrected chi connectivity index (χ2v) is 1.05. The molecule has 0 atom stereocenters. The van der Waals surface area contributed by atoms with Crippen molar-refractivity contribution in [3.63, 3.8) is 0 Å². The van der Waals surface area contributed by atoms with Crippen LogP contribution in [0.5, 0.6) is 0 Å². The third-order valence-electron chi connectivity index (χ3n) is 0.496. The van der Waals surface area contributed by atoms with Gasteiger partial charge in [0.1, 0.15) is 0 Å². The van der Waals surface area contributed by atoms with Gasteiger partial charge in [-0.05, 0) is 13.8 Å². The van der Waals surface area contributed by atoms with Crippen molar-refractivity contribution < 1.29 is 0 Å². The van der Waals surface area contributed by atoms with Gasteiger partial charge in [0.25, 0.3) is 0 Å². The smallest absolute Gasteiger partial charge is 0.0467 e. The van der Waals surface area contributed by atoms with Crippen LogP contribution < -0.4 is 0 Å². The molecule has 0 nitrogen and oxygen atoms in total. The topological polar surface area (TPSA) is 0 Å². The van der Waals surface area contributed by atoms with E-state index in [2.05, 4.69) is 0 Å². The first kappa shape index (κ1) is 22.5. The fourth-order valence-corrected chi connectivity index (χ4v) is 0.222. The van der Waals surface area contributed by atoms with Crippen LogP contribution in [0.1, 0.15) is 41.5 Å². The Labute approximate surface area is 89.8 Å². The molecule has 0 amide bonds. The van der Waals surface area contributed by atoms with Crippen molar-refractivity contribution >= 4 is 24.0 Å². The van der Waals surface area contributed by atoms with Crippen molar-refractivity contribution in [1.29, 1.82) is 0 Å².